The van der Waals surface area contributed by atoms with Crippen LogP contribution in [0.4, 0.5) is 15.8 Å². The molecular weight excluding hydrogens is 297 g/mol. The number of rotatable bonds is 1. The van der Waals surface area contributed by atoms with Crippen LogP contribution >= 0.6 is 0 Å². The highest BCUT2D eigenvalue weighted by Gasteiger charge is 2.23. The van der Waals surface area contributed by atoms with Gasteiger partial charge in [-0.05, 0) is 24.3 Å². The molecule has 1 aromatic carbocycles. The molecule has 1 fully saturated rings. The number of nitrogens with one attached hydrogen (secondary N) is 1. The van der Waals surface area contributed by atoms with Crippen LogP contribution < -0.4 is 10.2 Å². The highest BCUT2D eigenvalue weighted by molar-refractivity contribution is 5.82. The first-order chi connectivity index (χ1) is 11.2. The number of hydrogen-bond donors (Lipinski definition) is 2. The van der Waals surface area contributed by atoms with Crippen LogP contribution in [-0.4, -0.2) is 36.4 Å². The predicted molar refractivity (Wildman–Crippen MR) is 84.9 cm³/mol. The van der Waals surface area contributed by atoms with E-state index in [0.29, 0.717) is 5.70 Å². The zero-order chi connectivity index (χ0) is 15.8. The number of anilines is 1. The monoisotopic (exact) mass is 313 g/mol. The Balaban J connectivity index is 1.75. The largest absolute Gasteiger partial charge is 0.369 e. The minimum atomic E-state index is -0.431. The van der Waals surface area contributed by atoms with Crippen molar-refractivity contribution in [1.29, 1.82) is 0 Å². The molecule has 6 nitrogen and oxygen atoms in total. The van der Waals surface area contributed by atoms with Gasteiger partial charge in [-0.2, -0.15) is 0 Å². The van der Waals surface area contributed by atoms with Crippen LogP contribution in [0.1, 0.15) is 5.56 Å². The van der Waals surface area contributed by atoms with Crippen LogP contribution in [0.3, 0.4) is 0 Å². The number of allylic oxidation sites excluding steroid dienone is 3. The van der Waals surface area contributed by atoms with Gasteiger partial charge in [-0.3, -0.25) is 5.21 Å². The number of fused-ring (bicyclic) bond motifs is 1. The Kier molecular flexibility index (Phi) is 3.44. The Labute approximate surface area is 132 Å². The Morgan fingerprint density at radius 2 is 2.00 bits per heavy atom. The summed E-state index contributed by atoms with van der Waals surface area (Å²) in [5.41, 5.74) is 3.36. The van der Waals surface area contributed by atoms with Crippen molar-refractivity contribution in [2.75, 3.05) is 31.1 Å². The molecule has 0 saturated carbocycles. The fourth-order valence-corrected chi connectivity index (χ4v) is 2.91. The van der Waals surface area contributed by atoms with Gasteiger partial charge in [0.15, 0.2) is 0 Å². The molecule has 3 aliphatic heterocycles. The molecule has 1 saturated heterocycles. The van der Waals surface area contributed by atoms with E-state index in [4.69, 9.17) is 0 Å². The number of benzene rings is 1. The summed E-state index contributed by atoms with van der Waals surface area (Å²) >= 11 is 0. The van der Waals surface area contributed by atoms with Crippen LogP contribution in [0.25, 0.3) is 5.70 Å². The Morgan fingerprint density at radius 3 is 2.83 bits per heavy atom. The molecule has 0 aromatic heterocycles. The Hall–Kier alpha value is -2.51. The second kappa shape index (κ2) is 5.60. The normalized spacial score (nSPS) is 23.3. The van der Waals surface area contributed by atoms with Crippen LogP contribution in [0, 0.1) is 0 Å². The van der Waals surface area contributed by atoms with Crippen LogP contribution in [0.2, 0.25) is 0 Å². The smallest absolute Gasteiger partial charge is 0.127 e. The lowest BCUT2D eigenvalue weighted by atomic mass is 10.1. The maximum atomic E-state index is 13.5. The summed E-state index contributed by atoms with van der Waals surface area (Å²) in [5.74, 6) is -0.431. The van der Waals surface area contributed by atoms with Gasteiger partial charge < -0.3 is 10.2 Å². The first-order valence-corrected chi connectivity index (χ1v) is 7.52. The topological polar surface area (TPSA) is 63.5 Å². The van der Waals surface area contributed by atoms with Gasteiger partial charge in [0, 0.05) is 49.7 Å². The van der Waals surface area contributed by atoms with Gasteiger partial charge in [-0.1, -0.05) is 0 Å². The lowest BCUT2D eigenvalue weighted by molar-refractivity contribution is -0.000413. The van der Waals surface area contributed by atoms with Gasteiger partial charge in [-0.15, -0.1) is 10.2 Å². The lowest BCUT2D eigenvalue weighted by Gasteiger charge is -2.29. The molecule has 7 heteroatoms. The van der Waals surface area contributed by atoms with Crippen LogP contribution in [-0.2, 0) is 0 Å². The summed E-state index contributed by atoms with van der Waals surface area (Å²) in [6.45, 7) is 3.76. The van der Waals surface area contributed by atoms with Crippen LogP contribution in [0.15, 0.2) is 58.3 Å². The number of nitrogens with zero attached hydrogens (tertiary/aromatic N) is 4. The molecular formula is C16H16FN5O. The average Bonchev–Trinajstić information content (AvgIpc) is 3.01. The third-order valence-corrected chi connectivity index (χ3v) is 4.11. The second-order valence-electron chi connectivity index (χ2n) is 5.56. The first-order valence-electron chi connectivity index (χ1n) is 7.52. The summed E-state index contributed by atoms with van der Waals surface area (Å²) in [4.78, 5) is 2.28. The van der Waals surface area contributed by atoms with E-state index in [0.717, 1.165) is 48.2 Å². The fraction of sp³-hybridized carbons (Fsp3) is 0.250. The van der Waals surface area contributed by atoms with Gasteiger partial charge in [0.25, 0.3) is 0 Å². The fourth-order valence-electron chi connectivity index (χ4n) is 2.91. The molecule has 1 aromatic rings. The van der Waals surface area contributed by atoms with E-state index in [1.807, 2.05) is 18.2 Å². The first kappa shape index (κ1) is 14.1. The highest BCUT2D eigenvalue weighted by atomic mass is 19.1. The molecule has 23 heavy (non-hydrogen) atoms. The maximum absolute atomic E-state index is 13.5. The van der Waals surface area contributed by atoms with Crippen LogP contribution in [0.5, 0.6) is 0 Å². The minimum absolute atomic E-state index is 0.282. The molecule has 2 N–H and O–H groups in total. The molecule has 0 amide bonds. The number of hydrogen-bond acceptors (Lipinski definition) is 6. The Bertz CT molecular complexity index is 762. The van der Waals surface area contributed by atoms with Gasteiger partial charge >= 0.3 is 0 Å². The van der Waals surface area contributed by atoms with Crippen molar-refractivity contribution in [2.24, 2.45) is 10.2 Å². The summed E-state index contributed by atoms with van der Waals surface area (Å²) in [5, 5.41) is 22.4. The lowest BCUT2D eigenvalue weighted by Crippen LogP contribution is -2.43. The molecule has 0 bridgehead atoms. The zero-order valence-corrected chi connectivity index (χ0v) is 12.4. The third kappa shape index (κ3) is 2.54. The summed E-state index contributed by atoms with van der Waals surface area (Å²) in [6.07, 6.45) is 3.69. The van der Waals surface area contributed by atoms with E-state index in [-0.39, 0.29) is 5.70 Å². The van der Waals surface area contributed by atoms with E-state index >= 15 is 0 Å². The van der Waals surface area contributed by atoms with E-state index in [1.165, 1.54) is 18.4 Å². The summed E-state index contributed by atoms with van der Waals surface area (Å²) < 4.78 is 13.5. The predicted octanol–water partition coefficient (Wildman–Crippen LogP) is 2.93. The second-order valence-corrected chi connectivity index (χ2v) is 5.56. The van der Waals surface area contributed by atoms with E-state index in [2.05, 4.69) is 20.4 Å². The SMILES string of the molecule is ON1C=CC(F)=CC1=C1N=Nc2ccc(N3CCNCC3)cc21. The summed E-state index contributed by atoms with van der Waals surface area (Å²) in [7, 11) is 0. The number of halogens is 1. The molecule has 3 heterocycles. The number of hydroxylamine groups is 2. The van der Waals surface area contributed by atoms with Gasteiger partial charge in [0.1, 0.15) is 11.5 Å². The maximum Gasteiger partial charge on any atom is 0.127 e. The standard InChI is InChI=1S/C16H16FN5O/c17-11-3-6-22(23)15(9-11)16-13-10-12(1-2-14(13)19-20-16)21-7-4-18-5-8-21/h1-3,6,9-10,18,23H,4-5,7-8H2. The van der Waals surface area contributed by atoms with Crippen molar-refractivity contribution in [2.45, 2.75) is 0 Å². The minimum Gasteiger partial charge on any atom is -0.369 e. The molecule has 0 atom stereocenters. The summed E-state index contributed by atoms with van der Waals surface area (Å²) in [6, 6.07) is 5.93. The highest BCUT2D eigenvalue weighted by Crippen LogP contribution is 2.40. The number of azo groups is 1. The van der Waals surface area contributed by atoms with Gasteiger partial charge in [-0.25, -0.2) is 9.45 Å². The van der Waals surface area contributed by atoms with Gasteiger partial charge in [0.05, 0.1) is 11.4 Å². The zero-order valence-electron chi connectivity index (χ0n) is 12.4. The van der Waals surface area contributed by atoms with Crippen molar-refractivity contribution in [3.05, 3.63) is 53.6 Å². The van der Waals surface area contributed by atoms with Crippen molar-refractivity contribution >= 4 is 17.1 Å². The van der Waals surface area contributed by atoms with Gasteiger partial charge in [0.2, 0.25) is 0 Å². The Morgan fingerprint density at radius 1 is 1.17 bits per heavy atom. The number of piperazine rings is 1. The quantitative estimate of drug-likeness (QED) is 0.837. The molecule has 3 aliphatic rings. The average molecular weight is 313 g/mol. The van der Waals surface area contributed by atoms with Crippen molar-refractivity contribution in [1.82, 2.24) is 10.4 Å². The third-order valence-electron chi connectivity index (χ3n) is 4.11. The molecule has 4 rings (SSSR count). The molecule has 118 valence electrons. The van der Waals surface area contributed by atoms with E-state index < -0.39 is 5.83 Å². The molecule has 0 spiro atoms. The molecule has 0 unspecified atom stereocenters. The van der Waals surface area contributed by atoms with Crippen molar-refractivity contribution < 1.29 is 9.60 Å². The molecule has 0 aliphatic carbocycles. The van der Waals surface area contributed by atoms with Crippen molar-refractivity contribution in [3.63, 3.8) is 0 Å². The van der Waals surface area contributed by atoms with Crippen molar-refractivity contribution in [3.8, 4) is 0 Å². The van der Waals surface area contributed by atoms with E-state index in [9.17, 15) is 9.60 Å². The molecule has 0 radical (unpaired) electrons. The van der Waals surface area contributed by atoms with E-state index in [1.54, 1.807) is 0 Å².